The first-order valence-corrected chi connectivity index (χ1v) is 7.70. The van der Waals surface area contributed by atoms with Crippen LogP contribution in [0.3, 0.4) is 0 Å². The number of rotatable bonds is 3. The molecule has 0 aromatic heterocycles. The van der Waals surface area contributed by atoms with E-state index in [2.05, 4.69) is 24.4 Å². The summed E-state index contributed by atoms with van der Waals surface area (Å²) in [7, 11) is 0. The van der Waals surface area contributed by atoms with Crippen LogP contribution in [0.4, 0.5) is 5.69 Å². The number of halogens is 2. The van der Waals surface area contributed by atoms with E-state index >= 15 is 0 Å². The van der Waals surface area contributed by atoms with Gasteiger partial charge in [-0.25, -0.2) is 0 Å². The van der Waals surface area contributed by atoms with Gasteiger partial charge in [0, 0.05) is 11.1 Å². The van der Waals surface area contributed by atoms with E-state index in [-0.39, 0.29) is 0 Å². The molecule has 0 amide bonds. The number of benzene rings is 1. The third-order valence-electron chi connectivity index (χ3n) is 4.60. The Morgan fingerprint density at radius 3 is 2.58 bits per heavy atom. The fourth-order valence-corrected chi connectivity index (χ4v) is 3.94. The predicted molar refractivity (Wildman–Crippen MR) is 83.1 cm³/mol. The van der Waals surface area contributed by atoms with Crippen molar-refractivity contribution in [3.63, 3.8) is 0 Å². The Kier molecular flexibility index (Phi) is 3.53. The standard InChI is InChI=1S/C16H19Cl2N/c1-9-5-15(18)16(8-14(9)17)19-10(2)13-7-11-3-4-12(13)6-11/h3-5,8,10-13,19H,6-7H2,1-2H3. The molecule has 4 unspecified atom stereocenters. The van der Waals surface area contributed by atoms with E-state index in [1.807, 2.05) is 19.1 Å². The van der Waals surface area contributed by atoms with Crippen molar-refractivity contribution < 1.29 is 0 Å². The van der Waals surface area contributed by atoms with E-state index in [1.165, 1.54) is 12.8 Å². The third kappa shape index (κ3) is 2.51. The minimum Gasteiger partial charge on any atom is -0.381 e. The first-order chi connectivity index (χ1) is 9.04. The Morgan fingerprint density at radius 1 is 1.16 bits per heavy atom. The zero-order valence-corrected chi connectivity index (χ0v) is 12.8. The molecule has 1 aromatic carbocycles. The normalized spacial score (nSPS) is 29.8. The molecular weight excluding hydrogens is 277 g/mol. The minimum atomic E-state index is 0.427. The molecule has 1 saturated carbocycles. The molecule has 102 valence electrons. The van der Waals surface area contributed by atoms with Crippen molar-refractivity contribution in [3.05, 3.63) is 39.9 Å². The van der Waals surface area contributed by atoms with Crippen molar-refractivity contribution >= 4 is 28.9 Å². The van der Waals surface area contributed by atoms with Crippen LogP contribution in [0.2, 0.25) is 10.0 Å². The molecule has 0 aliphatic heterocycles. The van der Waals surface area contributed by atoms with Gasteiger partial charge in [0.2, 0.25) is 0 Å². The molecule has 2 aliphatic carbocycles. The summed E-state index contributed by atoms with van der Waals surface area (Å²) in [5, 5.41) is 5.08. The molecule has 1 fully saturated rings. The van der Waals surface area contributed by atoms with Gasteiger partial charge in [-0.1, -0.05) is 35.4 Å². The summed E-state index contributed by atoms with van der Waals surface area (Å²) in [4.78, 5) is 0. The van der Waals surface area contributed by atoms with Gasteiger partial charge < -0.3 is 5.32 Å². The number of hydrogen-bond acceptors (Lipinski definition) is 1. The molecule has 0 saturated heterocycles. The number of allylic oxidation sites excluding steroid dienone is 2. The average molecular weight is 296 g/mol. The van der Waals surface area contributed by atoms with Gasteiger partial charge in [-0.15, -0.1) is 0 Å². The summed E-state index contributed by atoms with van der Waals surface area (Å²) in [6, 6.07) is 4.30. The van der Waals surface area contributed by atoms with Crippen LogP contribution in [0, 0.1) is 24.7 Å². The highest BCUT2D eigenvalue weighted by Gasteiger charge is 2.38. The molecule has 1 nitrogen and oxygen atoms in total. The van der Waals surface area contributed by atoms with E-state index in [0.29, 0.717) is 12.0 Å². The van der Waals surface area contributed by atoms with Crippen LogP contribution < -0.4 is 5.32 Å². The predicted octanol–water partition coefficient (Wildman–Crippen LogP) is 5.31. The molecular formula is C16H19Cl2N. The van der Waals surface area contributed by atoms with Crippen molar-refractivity contribution in [3.8, 4) is 0 Å². The summed E-state index contributed by atoms with van der Waals surface area (Å²) < 4.78 is 0. The summed E-state index contributed by atoms with van der Waals surface area (Å²) >= 11 is 12.5. The highest BCUT2D eigenvalue weighted by Crippen LogP contribution is 2.45. The van der Waals surface area contributed by atoms with Gasteiger partial charge >= 0.3 is 0 Å². The minimum absolute atomic E-state index is 0.427. The molecule has 4 atom stereocenters. The van der Waals surface area contributed by atoms with Gasteiger partial charge in [0.15, 0.2) is 0 Å². The quantitative estimate of drug-likeness (QED) is 0.745. The molecule has 19 heavy (non-hydrogen) atoms. The number of anilines is 1. The van der Waals surface area contributed by atoms with Crippen LogP contribution in [0.5, 0.6) is 0 Å². The smallest absolute Gasteiger partial charge is 0.0641 e. The van der Waals surface area contributed by atoms with Gasteiger partial charge in [0.1, 0.15) is 0 Å². The maximum Gasteiger partial charge on any atom is 0.0641 e. The van der Waals surface area contributed by atoms with E-state index in [4.69, 9.17) is 23.2 Å². The van der Waals surface area contributed by atoms with E-state index in [1.54, 1.807) is 0 Å². The summed E-state index contributed by atoms with van der Waals surface area (Å²) in [6.45, 7) is 4.23. The summed E-state index contributed by atoms with van der Waals surface area (Å²) in [5.41, 5.74) is 1.98. The van der Waals surface area contributed by atoms with E-state index < -0.39 is 0 Å². The number of aryl methyl sites for hydroxylation is 1. The lowest BCUT2D eigenvalue weighted by molar-refractivity contribution is 0.400. The molecule has 2 aliphatic rings. The molecule has 0 heterocycles. The van der Waals surface area contributed by atoms with Gasteiger partial charge in [0.25, 0.3) is 0 Å². The summed E-state index contributed by atoms with van der Waals surface area (Å²) in [5.74, 6) is 2.26. The van der Waals surface area contributed by atoms with Crippen LogP contribution >= 0.6 is 23.2 Å². The topological polar surface area (TPSA) is 12.0 Å². The van der Waals surface area contributed by atoms with Crippen LogP contribution in [0.1, 0.15) is 25.3 Å². The van der Waals surface area contributed by atoms with Gasteiger partial charge in [-0.2, -0.15) is 0 Å². The van der Waals surface area contributed by atoms with E-state index in [0.717, 1.165) is 33.1 Å². The van der Waals surface area contributed by atoms with E-state index in [9.17, 15) is 0 Å². The molecule has 2 bridgehead atoms. The highest BCUT2D eigenvalue weighted by atomic mass is 35.5. The first kappa shape index (κ1) is 13.3. The lowest BCUT2D eigenvalue weighted by Crippen LogP contribution is -2.28. The molecule has 3 heteroatoms. The van der Waals surface area contributed by atoms with Crippen molar-refractivity contribution in [2.45, 2.75) is 32.7 Å². The molecule has 1 aromatic rings. The van der Waals surface area contributed by atoms with Crippen LogP contribution in [0.15, 0.2) is 24.3 Å². The second-order valence-corrected chi connectivity index (χ2v) is 6.77. The van der Waals surface area contributed by atoms with Crippen LogP contribution in [-0.4, -0.2) is 6.04 Å². The maximum absolute atomic E-state index is 6.30. The molecule has 0 radical (unpaired) electrons. The molecule has 3 rings (SSSR count). The number of nitrogens with one attached hydrogen (secondary N) is 1. The average Bonchev–Trinajstić information content (AvgIpc) is 2.98. The first-order valence-electron chi connectivity index (χ1n) is 6.95. The Hall–Kier alpha value is -0.660. The zero-order valence-electron chi connectivity index (χ0n) is 11.3. The van der Waals surface area contributed by atoms with Gasteiger partial charge in [0.05, 0.1) is 10.7 Å². The van der Waals surface area contributed by atoms with Crippen molar-refractivity contribution in [1.82, 2.24) is 0 Å². The largest absolute Gasteiger partial charge is 0.381 e. The fraction of sp³-hybridized carbons (Fsp3) is 0.500. The van der Waals surface area contributed by atoms with Gasteiger partial charge in [-0.05, 0) is 62.1 Å². The molecule has 0 spiro atoms. The Labute approximate surface area is 125 Å². The Morgan fingerprint density at radius 2 is 1.95 bits per heavy atom. The number of fused-ring (bicyclic) bond motifs is 2. The second-order valence-electron chi connectivity index (χ2n) is 5.96. The monoisotopic (exact) mass is 295 g/mol. The number of hydrogen-bond donors (Lipinski definition) is 1. The van der Waals surface area contributed by atoms with Crippen LogP contribution in [0.25, 0.3) is 0 Å². The van der Waals surface area contributed by atoms with Crippen molar-refractivity contribution in [1.29, 1.82) is 0 Å². The Bertz CT molecular complexity index is 524. The maximum atomic E-state index is 6.30. The van der Waals surface area contributed by atoms with Crippen LogP contribution in [-0.2, 0) is 0 Å². The third-order valence-corrected chi connectivity index (χ3v) is 5.32. The van der Waals surface area contributed by atoms with Crippen molar-refractivity contribution in [2.75, 3.05) is 5.32 Å². The van der Waals surface area contributed by atoms with Gasteiger partial charge in [-0.3, -0.25) is 0 Å². The lowest BCUT2D eigenvalue weighted by atomic mass is 9.87. The molecule has 1 N–H and O–H groups in total. The fourth-order valence-electron chi connectivity index (χ4n) is 3.51. The lowest BCUT2D eigenvalue weighted by Gasteiger charge is -2.27. The highest BCUT2D eigenvalue weighted by molar-refractivity contribution is 6.35. The summed E-state index contributed by atoms with van der Waals surface area (Å²) in [6.07, 6.45) is 7.40. The second kappa shape index (κ2) is 5.03. The SMILES string of the molecule is Cc1cc(Cl)c(NC(C)C2CC3C=CC2C3)cc1Cl. The van der Waals surface area contributed by atoms with Crippen molar-refractivity contribution in [2.24, 2.45) is 17.8 Å². The Balaban J connectivity index is 1.75. The zero-order chi connectivity index (χ0) is 13.6.